The number of carbonyl (C=O) groups is 2. The average Bonchev–Trinajstić information content (AvgIpc) is 3.26. The molecule has 12 nitrogen and oxygen atoms in total. The monoisotopic (exact) mass is 898 g/mol. The molecule has 0 saturated heterocycles. The normalized spacial score (nSPS) is 16.1. The van der Waals surface area contributed by atoms with Gasteiger partial charge in [-0.25, -0.2) is 4.57 Å². The van der Waals surface area contributed by atoms with Crippen molar-refractivity contribution in [2.45, 2.75) is 128 Å². The molecule has 0 aliphatic carbocycles. The van der Waals surface area contributed by atoms with Crippen LogP contribution in [0.15, 0.2) is 146 Å². The number of esters is 2. The highest BCUT2D eigenvalue weighted by molar-refractivity contribution is 7.47. The number of carbonyl (C=O) groups excluding carboxylic acids is 2. The Bertz CT molecular complexity index is 1580. The van der Waals surface area contributed by atoms with Crippen LogP contribution in [0.3, 0.4) is 0 Å². The van der Waals surface area contributed by atoms with Crippen LogP contribution in [-0.4, -0.2) is 88.1 Å². The number of phosphoric acid groups is 1. The standard InChI is InChI=1S/C50H75O12P/c1-3-5-7-8-9-10-11-12-13-14-15-16-17-18-19-20-21-25-33-39-49(55)59-43-48(44-61-63(57,58)60-42-47(54)41-51)62-50(56)40-34-26-23-22-24-30-36-46(53)38-32-28-27-31-37-45(52)35-29-6-4-2/h5-7,9-10,12-13,15-16,18-19,21,23-32,37-38,45-48,51-54H,3-4,8,11,14,17,20,22,33-36,39-44H2,1-2H3,(H,57,58)/b7-5-,10-9-,13-12-,16-15-,19-18-,25-21-,26-23-,28-27-,29-6-,30-24-,37-31+,38-32+/t45-,46+,47-,48+/m0/s1. The van der Waals surface area contributed by atoms with Gasteiger partial charge in [0.1, 0.15) is 12.7 Å². The van der Waals surface area contributed by atoms with Gasteiger partial charge in [0.15, 0.2) is 6.10 Å². The maximum Gasteiger partial charge on any atom is 0.472 e. The minimum Gasteiger partial charge on any atom is -0.462 e. The van der Waals surface area contributed by atoms with E-state index in [4.69, 9.17) is 19.1 Å². The van der Waals surface area contributed by atoms with E-state index >= 15 is 0 Å². The van der Waals surface area contributed by atoms with Crippen LogP contribution in [0.1, 0.15) is 104 Å². The van der Waals surface area contributed by atoms with Crippen molar-refractivity contribution in [1.82, 2.24) is 0 Å². The Hall–Kier alpha value is -4.23. The molecule has 0 spiro atoms. The lowest BCUT2D eigenvalue weighted by molar-refractivity contribution is -0.161. The van der Waals surface area contributed by atoms with Gasteiger partial charge in [-0.3, -0.25) is 18.6 Å². The van der Waals surface area contributed by atoms with Gasteiger partial charge in [0, 0.05) is 12.8 Å². The minimum atomic E-state index is -4.70. The molecule has 5 atom stereocenters. The molecular weight excluding hydrogens is 824 g/mol. The lowest BCUT2D eigenvalue weighted by atomic mass is 10.2. The van der Waals surface area contributed by atoms with Crippen LogP contribution >= 0.6 is 7.82 Å². The summed E-state index contributed by atoms with van der Waals surface area (Å²) in [6.07, 6.45) is 51.9. The van der Waals surface area contributed by atoms with E-state index in [2.05, 4.69) is 66.1 Å². The van der Waals surface area contributed by atoms with Gasteiger partial charge in [0.2, 0.25) is 0 Å². The van der Waals surface area contributed by atoms with Crippen LogP contribution in [0.5, 0.6) is 0 Å². The zero-order chi connectivity index (χ0) is 46.5. The van der Waals surface area contributed by atoms with E-state index in [1.165, 1.54) is 0 Å². The summed E-state index contributed by atoms with van der Waals surface area (Å²) >= 11 is 0. The largest absolute Gasteiger partial charge is 0.472 e. The predicted octanol–water partition coefficient (Wildman–Crippen LogP) is 9.83. The summed E-state index contributed by atoms with van der Waals surface area (Å²) in [5.41, 5.74) is 0. The number of allylic oxidation sites excluding steroid dienone is 20. The van der Waals surface area contributed by atoms with Crippen molar-refractivity contribution < 1.29 is 58.0 Å². The third-order valence-corrected chi connectivity index (χ3v) is 9.13. The van der Waals surface area contributed by atoms with Crippen molar-refractivity contribution in [1.29, 1.82) is 0 Å². The van der Waals surface area contributed by atoms with Crippen LogP contribution in [0, 0.1) is 0 Å². The maximum atomic E-state index is 12.6. The number of aliphatic hydroxyl groups is 4. The highest BCUT2D eigenvalue weighted by Gasteiger charge is 2.27. The average molecular weight is 899 g/mol. The van der Waals surface area contributed by atoms with E-state index in [0.29, 0.717) is 38.5 Å². The Morgan fingerprint density at radius 3 is 1.40 bits per heavy atom. The van der Waals surface area contributed by atoms with Crippen LogP contribution in [0.25, 0.3) is 0 Å². The highest BCUT2D eigenvalue weighted by atomic mass is 31.2. The number of aliphatic hydroxyl groups excluding tert-OH is 4. The Labute approximate surface area is 377 Å². The smallest absolute Gasteiger partial charge is 0.462 e. The number of rotatable bonds is 38. The van der Waals surface area contributed by atoms with Crippen molar-refractivity contribution in [3.05, 3.63) is 146 Å². The van der Waals surface area contributed by atoms with Crippen molar-refractivity contribution in [2.24, 2.45) is 0 Å². The molecular formula is C50H75O12P. The lowest BCUT2D eigenvalue weighted by Gasteiger charge is -2.20. The van der Waals surface area contributed by atoms with E-state index in [0.717, 1.165) is 38.5 Å². The third-order valence-electron chi connectivity index (χ3n) is 8.18. The topological polar surface area (TPSA) is 189 Å². The second kappa shape index (κ2) is 43.0. The molecule has 63 heavy (non-hydrogen) atoms. The van der Waals surface area contributed by atoms with Gasteiger partial charge >= 0.3 is 19.8 Å². The van der Waals surface area contributed by atoms with E-state index in [9.17, 15) is 34.4 Å². The molecule has 352 valence electrons. The van der Waals surface area contributed by atoms with Gasteiger partial charge in [-0.2, -0.15) is 0 Å². The lowest BCUT2D eigenvalue weighted by Crippen LogP contribution is -2.29. The summed E-state index contributed by atoms with van der Waals surface area (Å²) in [5, 5.41) is 38.3. The van der Waals surface area contributed by atoms with Crippen LogP contribution in [0.4, 0.5) is 0 Å². The number of hydrogen-bond acceptors (Lipinski definition) is 11. The zero-order valence-corrected chi connectivity index (χ0v) is 38.3. The van der Waals surface area contributed by atoms with Crippen molar-refractivity contribution in [2.75, 3.05) is 26.4 Å². The molecule has 0 bridgehead atoms. The number of phosphoric ester groups is 1. The summed E-state index contributed by atoms with van der Waals surface area (Å²) in [4.78, 5) is 35.0. The molecule has 0 amide bonds. The van der Waals surface area contributed by atoms with Crippen LogP contribution < -0.4 is 0 Å². The molecule has 0 fully saturated rings. The van der Waals surface area contributed by atoms with Crippen LogP contribution in [-0.2, 0) is 32.7 Å². The minimum absolute atomic E-state index is 0.0234. The third kappa shape index (κ3) is 42.8. The van der Waals surface area contributed by atoms with Crippen molar-refractivity contribution in [3.63, 3.8) is 0 Å². The molecule has 0 saturated carbocycles. The summed E-state index contributed by atoms with van der Waals surface area (Å²) < 4.78 is 32.5. The fourth-order valence-corrected chi connectivity index (χ4v) is 5.60. The van der Waals surface area contributed by atoms with Crippen molar-refractivity contribution >= 4 is 19.8 Å². The van der Waals surface area contributed by atoms with Gasteiger partial charge in [-0.15, -0.1) is 0 Å². The Kier molecular flexibility index (Phi) is 40.2. The van der Waals surface area contributed by atoms with Gasteiger partial charge in [0.25, 0.3) is 0 Å². The molecule has 0 heterocycles. The Morgan fingerprint density at radius 1 is 0.524 bits per heavy atom. The predicted molar refractivity (Wildman–Crippen MR) is 253 cm³/mol. The highest BCUT2D eigenvalue weighted by Crippen LogP contribution is 2.43. The fraction of sp³-hybridized carbons (Fsp3) is 0.480. The summed E-state index contributed by atoms with van der Waals surface area (Å²) in [6.45, 7) is 1.74. The molecule has 0 radical (unpaired) electrons. The molecule has 1 unspecified atom stereocenters. The first-order valence-corrected chi connectivity index (χ1v) is 23.5. The molecule has 0 aliphatic heterocycles. The number of ether oxygens (including phenoxy) is 2. The number of hydrogen-bond donors (Lipinski definition) is 5. The molecule has 5 N–H and O–H groups in total. The van der Waals surface area contributed by atoms with E-state index < -0.39 is 70.6 Å². The molecule has 0 aromatic rings. The van der Waals surface area contributed by atoms with Gasteiger partial charge in [-0.05, 0) is 77.0 Å². The van der Waals surface area contributed by atoms with E-state index in [-0.39, 0.29) is 12.8 Å². The first-order valence-electron chi connectivity index (χ1n) is 22.0. The first-order chi connectivity index (χ1) is 30.5. The first kappa shape index (κ1) is 58.8. The second-order valence-electron chi connectivity index (χ2n) is 14.0. The Balaban J connectivity index is 4.67. The fourth-order valence-electron chi connectivity index (χ4n) is 4.81. The van der Waals surface area contributed by atoms with Crippen molar-refractivity contribution in [3.8, 4) is 0 Å². The molecule has 0 rings (SSSR count). The SMILES string of the molecule is CC/C=C\C/C=C\C/C=C\C/C=C\C/C=C\C/C=C\CCC(=O)OC[C@H](COP(=O)(O)OC[C@@H](O)CO)OC(=O)CC/C=C\C/C=C\C[C@@H](O)/C=C/C=C\C=C\[C@@H](O)C/C=C\CC. The second-order valence-corrected chi connectivity index (χ2v) is 15.5. The molecule has 0 aromatic heterocycles. The molecule has 0 aromatic carbocycles. The van der Waals surface area contributed by atoms with E-state index in [1.807, 2.05) is 55.5 Å². The Morgan fingerprint density at radius 2 is 0.921 bits per heavy atom. The maximum absolute atomic E-state index is 12.6. The summed E-state index contributed by atoms with van der Waals surface area (Å²) in [5.74, 6) is -1.21. The van der Waals surface area contributed by atoms with Gasteiger partial charge in [-0.1, -0.05) is 160 Å². The van der Waals surface area contributed by atoms with E-state index in [1.54, 1.807) is 42.5 Å². The zero-order valence-electron chi connectivity index (χ0n) is 37.4. The summed E-state index contributed by atoms with van der Waals surface area (Å²) in [7, 11) is -4.70. The molecule has 0 aliphatic rings. The van der Waals surface area contributed by atoms with Crippen LogP contribution in [0.2, 0.25) is 0 Å². The van der Waals surface area contributed by atoms with Gasteiger partial charge < -0.3 is 34.8 Å². The van der Waals surface area contributed by atoms with Gasteiger partial charge in [0.05, 0.1) is 32.0 Å². The summed E-state index contributed by atoms with van der Waals surface area (Å²) in [6, 6.07) is 0. The molecule has 13 heteroatoms. The quantitative estimate of drug-likeness (QED) is 0.0171.